The summed E-state index contributed by atoms with van der Waals surface area (Å²) in [5, 5.41) is 5.01. The zero-order chi connectivity index (χ0) is 22.0. The van der Waals surface area contributed by atoms with Crippen molar-refractivity contribution >= 4 is 40.8 Å². The number of fused-ring (bicyclic) bond motifs is 1. The second-order valence-corrected chi connectivity index (χ2v) is 6.70. The number of hydrogen-bond acceptors (Lipinski definition) is 8. The molecular formula is C19H17N7O5. The molecule has 0 bridgehead atoms. The molecule has 2 aromatic heterocycles. The van der Waals surface area contributed by atoms with Gasteiger partial charge in [0.2, 0.25) is 5.91 Å². The summed E-state index contributed by atoms with van der Waals surface area (Å²) in [5.74, 6) is -1.36. The number of urea groups is 1. The van der Waals surface area contributed by atoms with Crippen molar-refractivity contribution in [2.75, 3.05) is 11.9 Å². The van der Waals surface area contributed by atoms with Crippen molar-refractivity contribution in [3.63, 3.8) is 0 Å². The number of nitrogens with one attached hydrogen (secondary N) is 3. The predicted molar refractivity (Wildman–Crippen MR) is 106 cm³/mol. The van der Waals surface area contributed by atoms with Crippen LogP contribution in [0.4, 0.5) is 10.6 Å². The number of esters is 1. The molecule has 1 aliphatic rings. The van der Waals surface area contributed by atoms with E-state index < -0.39 is 24.0 Å². The number of carbonyl (C=O) groups excluding carboxylic acids is 4. The number of aromatic nitrogens is 4. The highest BCUT2D eigenvalue weighted by Crippen LogP contribution is 2.16. The van der Waals surface area contributed by atoms with E-state index in [1.807, 2.05) is 0 Å². The highest BCUT2D eigenvalue weighted by molar-refractivity contribution is 6.02. The van der Waals surface area contributed by atoms with Crippen LogP contribution in [0.5, 0.6) is 0 Å². The summed E-state index contributed by atoms with van der Waals surface area (Å²) in [4.78, 5) is 63.9. The molecule has 1 saturated heterocycles. The van der Waals surface area contributed by atoms with Gasteiger partial charge in [0.1, 0.15) is 11.8 Å². The number of hydrogen-bond donors (Lipinski definition) is 3. The highest BCUT2D eigenvalue weighted by atomic mass is 16.5. The Morgan fingerprint density at radius 1 is 1.19 bits per heavy atom. The molecule has 12 nitrogen and oxygen atoms in total. The largest absolute Gasteiger partial charge is 0.449 e. The summed E-state index contributed by atoms with van der Waals surface area (Å²) in [5.41, 5.74) is 1.73. The van der Waals surface area contributed by atoms with E-state index in [0.29, 0.717) is 16.7 Å². The van der Waals surface area contributed by atoms with E-state index in [0.717, 1.165) is 4.90 Å². The van der Waals surface area contributed by atoms with E-state index in [2.05, 4.69) is 30.6 Å². The van der Waals surface area contributed by atoms with Crippen LogP contribution in [0.3, 0.4) is 0 Å². The number of ether oxygens (including phenoxy) is 1. The number of H-pyrrole nitrogens is 1. The van der Waals surface area contributed by atoms with Crippen LogP contribution >= 0.6 is 0 Å². The molecule has 1 aromatic carbocycles. The van der Waals surface area contributed by atoms with Gasteiger partial charge in [0.05, 0.1) is 25.0 Å². The van der Waals surface area contributed by atoms with Crippen LogP contribution in [0, 0.1) is 0 Å². The van der Waals surface area contributed by atoms with Crippen molar-refractivity contribution in [2.24, 2.45) is 0 Å². The molecule has 1 unspecified atom stereocenters. The molecular weight excluding hydrogens is 406 g/mol. The Kier molecular flexibility index (Phi) is 5.26. The SMILES string of the molecule is CC(OC(=O)c1ccc(CN2C(=O)CNC2=O)cc1)C(=O)Nc1ncnc2nc[nH]c12. The van der Waals surface area contributed by atoms with Crippen LogP contribution < -0.4 is 10.6 Å². The fourth-order valence-electron chi connectivity index (χ4n) is 2.90. The molecule has 1 atom stereocenters. The van der Waals surface area contributed by atoms with E-state index in [1.54, 1.807) is 12.1 Å². The van der Waals surface area contributed by atoms with Crippen molar-refractivity contribution in [1.82, 2.24) is 30.2 Å². The smallest absolute Gasteiger partial charge is 0.338 e. The van der Waals surface area contributed by atoms with Crippen LogP contribution in [0.2, 0.25) is 0 Å². The fourth-order valence-corrected chi connectivity index (χ4v) is 2.90. The van der Waals surface area contributed by atoms with Crippen molar-refractivity contribution in [1.29, 1.82) is 0 Å². The summed E-state index contributed by atoms with van der Waals surface area (Å²) in [7, 11) is 0. The van der Waals surface area contributed by atoms with E-state index in [4.69, 9.17) is 4.74 Å². The molecule has 1 aliphatic heterocycles. The maximum absolute atomic E-state index is 12.4. The average molecular weight is 423 g/mol. The summed E-state index contributed by atoms with van der Waals surface area (Å²) in [6.07, 6.45) is 1.59. The molecule has 4 amide bonds. The lowest BCUT2D eigenvalue weighted by molar-refractivity contribution is -0.125. The van der Waals surface area contributed by atoms with Gasteiger partial charge in [-0.3, -0.25) is 14.5 Å². The molecule has 3 N–H and O–H groups in total. The lowest BCUT2D eigenvalue weighted by Gasteiger charge is -2.14. The minimum atomic E-state index is -1.09. The van der Waals surface area contributed by atoms with Gasteiger partial charge in [0.25, 0.3) is 5.91 Å². The summed E-state index contributed by atoms with van der Waals surface area (Å²) in [6.45, 7) is 1.51. The Labute approximate surface area is 175 Å². The Balaban J connectivity index is 1.36. The third kappa shape index (κ3) is 4.17. The van der Waals surface area contributed by atoms with Gasteiger partial charge in [-0.05, 0) is 24.6 Å². The van der Waals surface area contributed by atoms with Gasteiger partial charge < -0.3 is 20.4 Å². The normalized spacial score (nSPS) is 14.4. The van der Waals surface area contributed by atoms with E-state index in [-0.39, 0.29) is 30.4 Å². The number of nitrogens with zero attached hydrogens (tertiary/aromatic N) is 4. The minimum absolute atomic E-state index is 0.0237. The molecule has 12 heteroatoms. The Morgan fingerprint density at radius 3 is 2.68 bits per heavy atom. The van der Waals surface area contributed by atoms with Crippen LogP contribution in [-0.4, -0.2) is 61.3 Å². The Bertz CT molecular complexity index is 1160. The molecule has 3 aromatic rings. The van der Waals surface area contributed by atoms with Crippen LogP contribution in [0.15, 0.2) is 36.9 Å². The fraction of sp³-hybridized carbons (Fsp3) is 0.211. The first-order valence-corrected chi connectivity index (χ1v) is 9.25. The molecule has 0 spiro atoms. The van der Waals surface area contributed by atoms with Gasteiger partial charge >= 0.3 is 12.0 Å². The number of anilines is 1. The van der Waals surface area contributed by atoms with E-state index >= 15 is 0 Å². The number of rotatable bonds is 6. The monoisotopic (exact) mass is 423 g/mol. The first-order chi connectivity index (χ1) is 14.9. The van der Waals surface area contributed by atoms with Crippen LogP contribution in [0.25, 0.3) is 11.2 Å². The van der Waals surface area contributed by atoms with E-state index in [9.17, 15) is 19.2 Å². The number of benzene rings is 1. The predicted octanol–water partition coefficient (Wildman–Crippen LogP) is 0.589. The van der Waals surface area contributed by atoms with Crippen LogP contribution in [0.1, 0.15) is 22.8 Å². The Hall–Kier alpha value is -4.35. The van der Waals surface area contributed by atoms with E-state index in [1.165, 1.54) is 31.7 Å². The maximum Gasteiger partial charge on any atom is 0.338 e. The molecule has 1 fully saturated rings. The van der Waals surface area contributed by atoms with Crippen molar-refractivity contribution in [3.05, 3.63) is 48.0 Å². The lowest BCUT2D eigenvalue weighted by atomic mass is 10.1. The second kappa shape index (κ2) is 8.18. The summed E-state index contributed by atoms with van der Waals surface area (Å²) >= 11 is 0. The Morgan fingerprint density at radius 2 is 1.97 bits per heavy atom. The summed E-state index contributed by atoms with van der Waals surface area (Å²) in [6, 6.07) is 5.76. The van der Waals surface area contributed by atoms with Crippen molar-refractivity contribution < 1.29 is 23.9 Å². The molecule has 3 heterocycles. The van der Waals surface area contributed by atoms with Crippen molar-refractivity contribution in [2.45, 2.75) is 19.6 Å². The first-order valence-electron chi connectivity index (χ1n) is 9.25. The van der Waals surface area contributed by atoms with Gasteiger partial charge in [-0.15, -0.1) is 0 Å². The summed E-state index contributed by atoms with van der Waals surface area (Å²) < 4.78 is 5.22. The van der Waals surface area contributed by atoms with Gasteiger partial charge in [-0.2, -0.15) is 0 Å². The quantitative estimate of drug-likeness (QED) is 0.384. The highest BCUT2D eigenvalue weighted by Gasteiger charge is 2.28. The standard InChI is InChI=1S/C19H17N7O5/c1-10(17(28)25-16-14-15(22-8-21-14)23-9-24-16)31-18(29)12-4-2-11(3-5-12)7-26-13(27)6-20-19(26)30/h2-5,8-10H,6-7H2,1H3,(H,20,30)(H2,21,22,23,24,25,28). The lowest BCUT2D eigenvalue weighted by Crippen LogP contribution is -2.30. The van der Waals surface area contributed by atoms with Gasteiger partial charge in [0, 0.05) is 0 Å². The number of carbonyl (C=O) groups is 4. The topological polar surface area (TPSA) is 159 Å². The molecule has 31 heavy (non-hydrogen) atoms. The second-order valence-electron chi connectivity index (χ2n) is 6.70. The third-order valence-corrected chi connectivity index (χ3v) is 4.59. The minimum Gasteiger partial charge on any atom is -0.449 e. The molecule has 0 saturated carbocycles. The third-order valence-electron chi connectivity index (χ3n) is 4.59. The number of aromatic amines is 1. The number of amides is 4. The molecule has 0 radical (unpaired) electrons. The number of imide groups is 1. The van der Waals surface area contributed by atoms with Gasteiger partial charge in [-0.1, -0.05) is 12.1 Å². The zero-order valence-electron chi connectivity index (χ0n) is 16.3. The molecule has 4 rings (SSSR count). The maximum atomic E-state index is 12.4. The molecule has 158 valence electrons. The van der Waals surface area contributed by atoms with Gasteiger partial charge in [-0.25, -0.2) is 24.5 Å². The average Bonchev–Trinajstić information content (AvgIpc) is 3.37. The van der Waals surface area contributed by atoms with Crippen molar-refractivity contribution in [3.8, 4) is 0 Å². The number of imidazole rings is 1. The zero-order valence-corrected chi connectivity index (χ0v) is 16.3. The first kappa shape index (κ1) is 19.9. The molecule has 0 aliphatic carbocycles. The van der Waals surface area contributed by atoms with Gasteiger partial charge in [0.15, 0.2) is 17.6 Å². The van der Waals surface area contributed by atoms with Crippen LogP contribution in [-0.2, 0) is 20.9 Å².